The number of rotatable bonds is 2. The first-order valence-corrected chi connectivity index (χ1v) is 4.00. The van der Waals surface area contributed by atoms with Gasteiger partial charge in [0.1, 0.15) is 0 Å². The molecule has 1 N–H and O–H groups in total. The van der Waals surface area contributed by atoms with Crippen molar-refractivity contribution in [1.82, 2.24) is 4.98 Å². The lowest BCUT2D eigenvalue weighted by Crippen LogP contribution is -2.10. The maximum absolute atomic E-state index is 10.1. The van der Waals surface area contributed by atoms with E-state index in [9.17, 15) is 10.1 Å². The number of halogens is 2. The fourth-order valence-corrected chi connectivity index (χ4v) is 1.12. The lowest BCUT2D eigenvalue weighted by molar-refractivity contribution is -0.445. The van der Waals surface area contributed by atoms with E-state index < -0.39 is 5.03 Å². The zero-order valence-electron chi connectivity index (χ0n) is 6.54. The SMILES string of the molecule is Cc1nc(N[N+](=O)[O-])c(Cl)cc1Cl. The minimum Gasteiger partial charge on any atom is -0.234 e. The Labute approximate surface area is 83.8 Å². The Morgan fingerprint density at radius 2 is 2.15 bits per heavy atom. The molecule has 0 aliphatic rings. The van der Waals surface area contributed by atoms with Crippen LogP contribution in [0.15, 0.2) is 6.07 Å². The Bertz CT molecular complexity index is 356. The molecule has 0 aromatic carbocycles. The Balaban J connectivity index is 3.08. The summed E-state index contributed by atoms with van der Waals surface area (Å²) in [5.41, 5.74) is 2.34. The first-order chi connectivity index (χ1) is 6.00. The topological polar surface area (TPSA) is 68.1 Å². The van der Waals surface area contributed by atoms with Gasteiger partial charge in [0, 0.05) is 0 Å². The van der Waals surface area contributed by atoms with E-state index in [0.29, 0.717) is 10.7 Å². The Morgan fingerprint density at radius 1 is 1.54 bits per heavy atom. The molecule has 0 saturated carbocycles. The van der Waals surface area contributed by atoms with E-state index in [1.54, 1.807) is 6.92 Å². The molecule has 1 heterocycles. The lowest BCUT2D eigenvalue weighted by Gasteiger charge is -2.02. The van der Waals surface area contributed by atoms with E-state index in [1.165, 1.54) is 6.07 Å². The van der Waals surface area contributed by atoms with Gasteiger partial charge < -0.3 is 0 Å². The van der Waals surface area contributed by atoms with Crippen LogP contribution in [0.1, 0.15) is 5.69 Å². The van der Waals surface area contributed by atoms with Gasteiger partial charge in [-0.15, -0.1) is 0 Å². The molecule has 0 aliphatic heterocycles. The minimum atomic E-state index is -0.735. The molecule has 5 nitrogen and oxygen atoms in total. The average Bonchev–Trinajstić information content (AvgIpc) is 1.99. The molecule has 0 amide bonds. The third-order valence-electron chi connectivity index (χ3n) is 1.30. The smallest absolute Gasteiger partial charge is 0.209 e. The second kappa shape index (κ2) is 3.76. The molecular formula is C6H5Cl2N3O2. The van der Waals surface area contributed by atoms with Crippen LogP contribution in [0, 0.1) is 17.0 Å². The van der Waals surface area contributed by atoms with Crippen LogP contribution in [0.25, 0.3) is 0 Å². The summed E-state index contributed by atoms with van der Waals surface area (Å²) in [5, 5.41) is 9.84. The molecule has 0 bridgehead atoms. The highest BCUT2D eigenvalue weighted by atomic mass is 35.5. The van der Waals surface area contributed by atoms with Crippen LogP contribution in [-0.2, 0) is 0 Å². The summed E-state index contributed by atoms with van der Waals surface area (Å²) in [7, 11) is 0. The van der Waals surface area contributed by atoms with Crippen LogP contribution in [0.4, 0.5) is 5.82 Å². The molecule has 0 unspecified atom stereocenters. The van der Waals surface area contributed by atoms with Crippen molar-refractivity contribution in [2.45, 2.75) is 6.92 Å². The number of nitrogens with one attached hydrogen (secondary N) is 1. The van der Waals surface area contributed by atoms with Crippen molar-refractivity contribution < 1.29 is 5.03 Å². The van der Waals surface area contributed by atoms with Gasteiger partial charge in [-0.1, -0.05) is 28.6 Å². The van der Waals surface area contributed by atoms with Crippen molar-refractivity contribution in [1.29, 1.82) is 0 Å². The summed E-state index contributed by atoms with van der Waals surface area (Å²) < 4.78 is 0. The van der Waals surface area contributed by atoms with Gasteiger partial charge >= 0.3 is 0 Å². The van der Waals surface area contributed by atoms with Crippen molar-refractivity contribution in [2.75, 3.05) is 5.43 Å². The third kappa shape index (κ3) is 2.43. The number of pyridine rings is 1. The standard InChI is InChI=1S/C6H5Cl2N3O2/c1-3-4(7)2-5(8)6(9-3)10-11(12)13/h2H,1H3,(H,9,10). The number of hydrazine groups is 1. The zero-order valence-corrected chi connectivity index (χ0v) is 8.06. The predicted molar refractivity (Wildman–Crippen MR) is 49.6 cm³/mol. The van der Waals surface area contributed by atoms with E-state index in [2.05, 4.69) is 4.98 Å². The van der Waals surface area contributed by atoms with Crippen molar-refractivity contribution >= 4 is 29.0 Å². The summed E-state index contributed by atoms with van der Waals surface area (Å²) in [5.74, 6) is -0.00596. The fraction of sp³-hybridized carbons (Fsp3) is 0.167. The second-order valence-corrected chi connectivity index (χ2v) is 3.07. The normalized spacial score (nSPS) is 9.77. The molecule has 13 heavy (non-hydrogen) atoms. The molecule has 1 rings (SSSR count). The predicted octanol–water partition coefficient (Wildman–Crippen LogP) is 2.30. The molecule has 0 saturated heterocycles. The van der Waals surface area contributed by atoms with E-state index in [4.69, 9.17) is 23.2 Å². The van der Waals surface area contributed by atoms with Gasteiger partial charge in [-0.2, -0.15) is 0 Å². The third-order valence-corrected chi connectivity index (χ3v) is 1.97. The van der Waals surface area contributed by atoms with Gasteiger partial charge in [0.15, 0.2) is 5.03 Å². The number of aromatic nitrogens is 1. The van der Waals surface area contributed by atoms with Crippen molar-refractivity contribution in [3.05, 3.63) is 31.9 Å². The highest BCUT2D eigenvalue weighted by Crippen LogP contribution is 2.25. The molecule has 70 valence electrons. The van der Waals surface area contributed by atoms with E-state index in [1.807, 2.05) is 5.43 Å². The molecule has 1 aromatic rings. The number of nitro groups is 1. The van der Waals surface area contributed by atoms with Crippen molar-refractivity contribution in [3.63, 3.8) is 0 Å². The number of anilines is 1. The van der Waals surface area contributed by atoms with E-state index in [0.717, 1.165) is 0 Å². The monoisotopic (exact) mass is 221 g/mol. The van der Waals surface area contributed by atoms with Gasteiger partial charge in [-0.3, -0.25) is 0 Å². The minimum absolute atomic E-state index is 0.00596. The van der Waals surface area contributed by atoms with Crippen molar-refractivity contribution in [2.24, 2.45) is 0 Å². The maximum Gasteiger partial charge on any atom is 0.209 e. The molecule has 0 atom stereocenters. The van der Waals surface area contributed by atoms with Gasteiger partial charge in [0.2, 0.25) is 5.82 Å². The number of hydrogen-bond donors (Lipinski definition) is 1. The Morgan fingerprint density at radius 3 is 2.69 bits per heavy atom. The van der Waals surface area contributed by atoms with Crippen LogP contribution < -0.4 is 5.43 Å². The van der Waals surface area contributed by atoms with Crippen LogP contribution in [0.3, 0.4) is 0 Å². The number of hydrogen-bond acceptors (Lipinski definition) is 3. The van der Waals surface area contributed by atoms with Crippen LogP contribution >= 0.6 is 23.2 Å². The fourth-order valence-electron chi connectivity index (χ4n) is 0.723. The number of aryl methyl sites for hydroxylation is 1. The van der Waals surface area contributed by atoms with Gasteiger partial charge in [-0.25, -0.2) is 15.1 Å². The van der Waals surface area contributed by atoms with Gasteiger partial charge in [0.25, 0.3) is 0 Å². The summed E-state index contributed by atoms with van der Waals surface area (Å²) in [6, 6.07) is 1.40. The first-order valence-electron chi connectivity index (χ1n) is 3.24. The lowest BCUT2D eigenvalue weighted by atomic mass is 10.4. The zero-order chi connectivity index (χ0) is 10.0. The average molecular weight is 222 g/mol. The highest BCUT2D eigenvalue weighted by molar-refractivity contribution is 6.36. The Hall–Kier alpha value is -1.07. The van der Waals surface area contributed by atoms with Crippen LogP contribution in [0.2, 0.25) is 10.0 Å². The molecule has 0 radical (unpaired) electrons. The molecular weight excluding hydrogens is 217 g/mol. The number of nitrogens with zero attached hydrogens (tertiary/aromatic N) is 2. The summed E-state index contributed by atoms with van der Waals surface area (Å²) in [4.78, 5) is 13.9. The van der Waals surface area contributed by atoms with E-state index in [-0.39, 0.29) is 10.8 Å². The molecule has 1 aromatic heterocycles. The van der Waals surface area contributed by atoms with Crippen molar-refractivity contribution in [3.8, 4) is 0 Å². The molecule has 0 fully saturated rings. The highest BCUT2D eigenvalue weighted by Gasteiger charge is 2.09. The molecule has 0 spiro atoms. The summed E-state index contributed by atoms with van der Waals surface area (Å²) in [6.45, 7) is 1.63. The largest absolute Gasteiger partial charge is 0.234 e. The maximum atomic E-state index is 10.1. The molecule has 7 heteroatoms. The van der Waals surface area contributed by atoms with E-state index >= 15 is 0 Å². The van der Waals surface area contributed by atoms with Gasteiger partial charge in [0.05, 0.1) is 15.7 Å². The van der Waals surface area contributed by atoms with Crippen LogP contribution in [0.5, 0.6) is 0 Å². The quantitative estimate of drug-likeness (QED) is 0.615. The summed E-state index contributed by atoms with van der Waals surface area (Å²) >= 11 is 11.3. The Kier molecular flexibility index (Phi) is 2.90. The van der Waals surface area contributed by atoms with Crippen LogP contribution in [-0.4, -0.2) is 10.0 Å². The van der Waals surface area contributed by atoms with Gasteiger partial charge in [-0.05, 0) is 13.0 Å². The first kappa shape index (κ1) is 10.0. The second-order valence-electron chi connectivity index (χ2n) is 2.25. The molecule has 0 aliphatic carbocycles. The summed E-state index contributed by atoms with van der Waals surface area (Å²) in [6.07, 6.45) is 0.